The molecular weight excluding hydrogens is 406 g/mol. The van der Waals surface area contributed by atoms with E-state index in [-0.39, 0.29) is 5.91 Å². The molecule has 31 heavy (non-hydrogen) atoms. The molecule has 1 aromatic carbocycles. The van der Waals surface area contributed by atoms with Gasteiger partial charge in [-0.1, -0.05) is 0 Å². The number of hydrogen-bond donors (Lipinski definition) is 2. The zero-order chi connectivity index (χ0) is 22.8. The Morgan fingerprint density at radius 1 is 0.903 bits per heavy atom. The van der Waals surface area contributed by atoms with Crippen LogP contribution in [0, 0.1) is 0 Å². The van der Waals surface area contributed by atoms with E-state index in [2.05, 4.69) is 9.88 Å². The third kappa shape index (κ3) is 7.27. The molecule has 2 heterocycles. The maximum atomic E-state index is 12.8. The van der Waals surface area contributed by atoms with Gasteiger partial charge in [-0.25, -0.2) is 9.59 Å². The number of aromatic nitrogens is 1. The first kappa shape index (κ1) is 23.6. The number of carbonyl (C=O) groups is 3. The number of aliphatic carboxylic acids is 2. The summed E-state index contributed by atoms with van der Waals surface area (Å²) in [6.07, 6.45) is 3.62. The van der Waals surface area contributed by atoms with Crippen molar-refractivity contribution in [2.24, 2.45) is 0 Å². The van der Waals surface area contributed by atoms with Crippen LogP contribution in [-0.4, -0.2) is 83.2 Å². The Bertz CT molecular complexity index is 863. The normalized spacial score (nSPS) is 13.5. The molecule has 166 valence electrons. The zero-order valence-corrected chi connectivity index (χ0v) is 17.4. The highest BCUT2D eigenvalue weighted by Crippen LogP contribution is 2.24. The number of carboxylic acids is 2. The van der Waals surface area contributed by atoms with Crippen molar-refractivity contribution in [1.29, 1.82) is 0 Å². The molecule has 0 atom stereocenters. The Morgan fingerprint density at radius 2 is 1.42 bits per heavy atom. The van der Waals surface area contributed by atoms with Crippen molar-refractivity contribution in [3.8, 4) is 11.5 Å². The number of hydrogen-bond acceptors (Lipinski definition) is 7. The van der Waals surface area contributed by atoms with Gasteiger partial charge in [0.05, 0.1) is 14.2 Å². The van der Waals surface area contributed by atoms with Crippen LogP contribution in [0.2, 0.25) is 0 Å². The fourth-order valence-electron chi connectivity index (χ4n) is 2.97. The number of ether oxygens (including phenoxy) is 2. The summed E-state index contributed by atoms with van der Waals surface area (Å²) in [5, 5.41) is 14.8. The van der Waals surface area contributed by atoms with Gasteiger partial charge in [0.15, 0.2) is 0 Å². The molecule has 1 aliphatic heterocycles. The minimum Gasteiger partial charge on any atom is -0.497 e. The second-order valence-electron chi connectivity index (χ2n) is 6.64. The molecule has 10 nitrogen and oxygen atoms in total. The number of amides is 1. The lowest BCUT2D eigenvalue weighted by Gasteiger charge is -2.34. The molecule has 1 saturated heterocycles. The van der Waals surface area contributed by atoms with Crippen LogP contribution in [0.15, 0.2) is 42.7 Å². The lowest BCUT2D eigenvalue weighted by molar-refractivity contribution is -0.159. The summed E-state index contributed by atoms with van der Waals surface area (Å²) in [7, 11) is 3.17. The maximum absolute atomic E-state index is 12.8. The van der Waals surface area contributed by atoms with Gasteiger partial charge in [0.2, 0.25) is 0 Å². The molecular formula is C21H25N3O7. The topological polar surface area (TPSA) is 130 Å². The second kappa shape index (κ2) is 11.5. The minimum atomic E-state index is -1.82. The predicted molar refractivity (Wildman–Crippen MR) is 110 cm³/mol. The fourth-order valence-corrected chi connectivity index (χ4v) is 2.97. The largest absolute Gasteiger partial charge is 0.497 e. The molecule has 0 bridgehead atoms. The summed E-state index contributed by atoms with van der Waals surface area (Å²) in [5.41, 5.74) is 1.84. The molecule has 1 aromatic heterocycles. The van der Waals surface area contributed by atoms with Crippen LogP contribution in [0.25, 0.3) is 0 Å². The van der Waals surface area contributed by atoms with Crippen molar-refractivity contribution in [1.82, 2.24) is 14.8 Å². The first-order valence-electron chi connectivity index (χ1n) is 9.44. The maximum Gasteiger partial charge on any atom is 0.414 e. The number of carbonyl (C=O) groups excluding carboxylic acids is 1. The summed E-state index contributed by atoms with van der Waals surface area (Å²) in [6, 6.07) is 9.34. The van der Waals surface area contributed by atoms with Crippen molar-refractivity contribution in [3.63, 3.8) is 0 Å². The van der Waals surface area contributed by atoms with E-state index >= 15 is 0 Å². The highest BCUT2D eigenvalue weighted by atomic mass is 16.5. The van der Waals surface area contributed by atoms with Crippen LogP contribution in [0.3, 0.4) is 0 Å². The number of nitrogens with zero attached hydrogens (tertiary/aromatic N) is 3. The Kier molecular flexibility index (Phi) is 8.77. The standard InChI is InChI=1S/C19H23N3O3.C2H2O4/c1-24-17-11-16(12-18(13-17)25-2)19(23)22-9-7-21(8-10-22)14-15-3-5-20-6-4-15;3-1(4)2(5)6/h3-6,11-13H,7-10,14H2,1-2H3;(H,3,4)(H,5,6). The monoisotopic (exact) mass is 431 g/mol. The summed E-state index contributed by atoms with van der Waals surface area (Å²) in [4.78, 5) is 39.3. The molecule has 1 amide bonds. The molecule has 3 rings (SSSR count). The Morgan fingerprint density at radius 3 is 1.87 bits per heavy atom. The van der Waals surface area contributed by atoms with E-state index in [1.165, 1.54) is 5.56 Å². The van der Waals surface area contributed by atoms with E-state index in [1.54, 1.807) is 32.4 Å². The molecule has 2 N–H and O–H groups in total. The van der Waals surface area contributed by atoms with Gasteiger partial charge < -0.3 is 24.6 Å². The third-order valence-electron chi connectivity index (χ3n) is 4.60. The van der Waals surface area contributed by atoms with Gasteiger partial charge in [-0.15, -0.1) is 0 Å². The molecule has 1 fully saturated rings. The Hall–Kier alpha value is -3.66. The van der Waals surface area contributed by atoms with E-state index in [1.807, 2.05) is 29.4 Å². The summed E-state index contributed by atoms with van der Waals surface area (Å²) in [6.45, 7) is 4.02. The first-order valence-corrected chi connectivity index (χ1v) is 9.44. The third-order valence-corrected chi connectivity index (χ3v) is 4.60. The van der Waals surface area contributed by atoms with E-state index in [0.29, 0.717) is 30.2 Å². The smallest absolute Gasteiger partial charge is 0.414 e. The predicted octanol–water partition coefficient (Wildman–Crippen LogP) is 1.21. The van der Waals surface area contributed by atoms with Crippen LogP contribution in [0.4, 0.5) is 0 Å². The summed E-state index contributed by atoms with van der Waals surface area (Å²) in [5.74, 6) is -2.39. The van der Waals surface area contributed by atoms with Gasteiger partial charge in [-0.3, -0.25) is 14.7 Å². The number of piperazine rings is 1. The zero-order valence-electron chi connectivity index (χ0n) is 17.4. The Balaban J connectivity index is 0.000000501. The van der Waals surface area contributed by atoms with Crippen molar-refractivity contribution >= 4 is 17.8 Å². The van der Waals surface area contributed by atoms with Crippen LogP contribution in [0.1, 0.15) is 15.9 Å². The lowest BCUT2D eigenvalue weighted by atomic mass is 10.1. The molecule has 0 aliphatic carbocycles. The van der Waals surface area contributed by atoms with E-state index in [9.17, 15) is 4.79 Å². The number of methoxy groups -OCH3 is 2. The quantitative estimate of drug-likeness (QED) is 0.671. The lowest BCUT2D eigenvalue weighted by Crippen LogP contribution is -2.48. The fraction of sp³-hybridized carbons (Fsp3) is 0.333. The molecule has 0 spiro atoms. The molecule has 10 heteroatoms. The second-order valence-corrected chi connectivity index (χ2v) is 6.64. The van der Waals surface area contributed by atoms with E-state index in [0.717, 1.165) is 19.6 Å². The molecule has 0 radical (unpaired) electrons. The number of benzene rings is 1. The van der Waals surface area contributed by atoms with Crippen molar-refractivity contribution in [2.45, 2.75) is 6.54 Å². The van der Waals surface area contributed by atoms with Crippen molar-refractivity contribution in [2.75, 3.05) is 40.4 Å². The SMILES string of the molecule is COc1cc(OC)cc(C(=O)N2CCN(Cc3ccncc3)CC2)c1.O=C(O)C(=O)O. The van der Waals surface area contributed by atoms with E-state index in [4.69, 9.17) is 29.3 Å². The van der Waals surface area contributed by atoms with Gasteiger partial charge in [0, 0.05) is 56.7 Å². The van der Waals surface area contributed by atoms with Crippen LogP contribution in [0.5, 0.6) is 11.5 Å². The van der Waals surface area contributed by atoms with Gasteiger partial charge in [-0.2, -0.15) is 0 Å². The van der Waals surface area contributed by atoms with Crippen molar-refractivity contribution < 1.29 is 34.1 Å². The van der Waals surface area contributed by atoms with Gasteiger partial charge in [0.1, 0.15) is 11.5 Å². The van der Waals surface area contributed by atoms with E-state index < -0.39 is 11.9 Å². The Labute approximate surface area is 179 Å². The van der Waals surface area contributed by atoms with Crippen molar-refractivity contribution in [3.05, 3.63) is 53.9 Å². The molecule has 1 aliphatic rings. The summed E-state index contributed by atoms with van der Waals surface area (Å²) < 4.78 is 10.5. The van der Waals surface area contributed by atoms with Crippen LogP contribution < -0.4 is 9.47 Å². The number of rotatable bonds is 5. The minimum absolute atomic E-state index is 0.0146. The molecule has 0 unspecified atom stereocenters. The van der Waals surface area contributed by atoms with Gasteiger partial charge in [0.25, 0.3) is 5.91 Å². The highest BCUT2D eigenvalue weighted by Gasteiger charge is 2.23. The van der Waals surface area contributed by atoms with Crippen LogP contribution >= 0.6 is 0 Å². The number of carboxylic acid groups (broad SMARTS) is 2. The van der Waals surface area contributed by atoms with Gasteiger partial charge in [-0.05, 0) is 29.8 Å². The molecule has 2 aromatic rings. The average molecular weight is 431 g/mol. The van der Waals surface area contributed by atoms with Crippen LogP contribution in [-0.2, 0) is 16.1 Å². The molecule has 0 saturated carbocycles. The summed E-state index contributed by atoms with van der Waals surface area (Å²) >= 11 is 0. The van der Waals surface area contributed by atoms with Gasteiger partial charge >= 0.3 is 11.9 Å². The average Bonchev–Trinajstić information content (AvgIpc) is 2.79. The highest BCUT2D eigenvalue weighted by molar-refractivity contribution is 6.27. The first-order chi connectivity index (χ1) is 14.8. The number of pyridine rings is 1.